The molecule has 0 bridgehead atoms. The van der Waals surface area contributed by atoms with Gasteiger partial charge in [-0.3, -0.25) is 0 Å². The number of anilines is 2. The van der Waals surface area contributed by atoms with E-state index < -0.39 is 0 Å². The molecule has 1 aromatic heterocycles. The summed E-state index contributed by atoms with van der Waals surface area (Å²) in [4.78, 5) is 3.34. The molecule has 0 spiro atoms. The highest BCUT2D eigenvalue weighted by atomic mass is 79.9. The molecule has 0 aliphatic heterocycles. The molecule has 0 amide bonds. The van der Waals surface area contributed by atoms with E-state index in [1.54, 1.807) is 11.3 Å². The third-order valence-corrected chi connectivity index (χ3v) is 5.33. The Bertz CT molecular complexity index is 561. The van der Waals surface area contributed by atoms with Gasteiger partial charge in [0.25, 0.3) is 0 Å². The van der Waals surface area contributed by atoms with Crippen molar-refractivity contribution < 1.29 is 0 Å². The predicted octanol–water partition coefficient (Wildman–Crippen LogP) is 5.15. The molecule has 1 N–H and O–H groups in total. The van der Waals surface area contributed by atoms with E-state index in [-0.39, 0.29) is 0 Å². The number of thiophene rings is 1. The van der Waals surface area contributed by atoms with Crippen LogP contribution in [0.3, 0.4) is 0 Å². The summed E-state index contributed by atoms with van der Waals surface area (Å²) in [6, 6.07) is 8.46. The third-order valence-electron chi connectivity index (χ3n) is 2.85. The molecular formula is C14H16BrClN2S. The van der Waals surface area contributed by atoms with Gasteiger partial charge in [0, 0.05) is 41.4 Å². The average Bonchev–Trinajstić information content (AvgIpc) is 2.67. The van der Waals surface area contributed by atoms with E-state index in [9.17, 15) is 0 Å². The first-order valence-electron chi connectivity index (χ1n) is 5.93. The lowest BCUT2D eigenvalue weighted by molar-refractivity contribution is 1.11. The largest absolute Gasteiger partial charge is 0.380 e. The molecule has 0 unspecified atom stereocenters. The maximum Gasteiger partial charge on any atom is 0.107 e. The van der Waals surface area contributed by atoms with Crippen molar-refractivity contribution in [1.82, 2.24) is 0 Å². The number of rotatable bonds is 4. The second kappa shape index (κ2) is 6.16. The van der Waals surface area contributed by atoms with Crippen LogP contribution in [0.4, 0.5) is 11.4 Å². The highest BCUT2D eigenvalue weighted by Crippen LogP contribution is 2.32. The van der Waals surface area contributed by atoms with Crippen molar-refractivity contribution in [3.05, 3.63) is 43.5 Å². The first kappa shape index (κ1) is 14.7. The molecule has 2 nitrogen and oxygen atoms in total. The molecule has 2 rings (SSSR count). The molecule has 0 saturated carbocycles. The minimum atomic E-state index is 0.784. The highest BCUT2D eigenvalue weighted by Gasteiger charge is 2.05. The zero-order valence-electron chi connectivity index (χ0n) is 11.1. The number of halogens is 2. The quantitative estimate of drug-likeness (QED) is 0.812. The van der Waals surface area contributed by atoms with Crippen LogP contribution in [0.25, 0.3) is 0 Å². The number of nitrogens with one attached hydrogen (secondary N) is 1. The Kier molecular flexibility index (Phi) is 4.76. The fourth-order valence-electron chi connectivity index (χ4n) is 1.87. The van der Waals surface area contributed by atoms with Crippen molar-refractivity contribution >= 4 is 50.2 Å². The van der Waals surface area contributed by atoms with Crippen LogP contribution in [0.2, 0.25) is 4.34 Å². The van der Waals surface area contributed by atoms with Gasteiger partial charge in [0.1, 0.15) is 4.34 Å². The Morgan fingerprint density at radius 2 is 2.05 bits per heavy atom. The minimum Gasteiger partial charge on any atom is -0.380 e. The van der Waals surface area contributed by atoms with Crippen LogP contribution in [0.5, 0.6) is 0 Å². The van der Waals surface area contributed by atoms with Gasteiger partial charge < -0.3 is 10.2 Å². The van der Waals surface area contributed by atoms with E-state index in [1.807, 2.05) is 0 Å². The number of benzene rings is 1. The molecule has 19 heavy (non-hydrogen) atoms. The fourth-order valence-corrected chi connectivity index (χ4v) is 3.60. The molecule has 1 aromatic carbocycles. The Morgan fingerprint density at radius 1 is 1.32 bits per heavy atom. The number of hydrogen-bond acceptors (Lipinski definition) is 3. The Morgan fingerprint density at radius 3 is 2.63 bits per heavy atom. The van der Waals surface area contributed by atoms with Crippen molar-refractivity contribution in [3.8, 4) is 0 Å². The zero-order chi connectivity index (χ0) is 14.0. The second-order valence-corrected chi connectivity index (χ2v) is 7.18. The lowest BCUT2D eigenvalue weighted by atomic mass is 10.1. The molecule has 1 heterocycles. The van der Waals surface area contributed by atoms with E-state index in [0.29, 0.717) is 0 Å². The van der Waals surface area contributed by atoms with Crippen LogP contribution in [-0.4, -0.2) is 14.1 Å². The molecule has 0 saturated heterocycles. The van der Waals surface area contributed by atoms with Gasteiger partial charge in [-0.15, -0.1) is 11.3 Å². The standard InChI is InChI=1S/C14H16BrClN2S/c1-9-4-5-10(6-13(9)18(2)3)17-8-11-7-12(15)14(16)19-11/h4-7,17H,8H2,1-3H3. The first-order chi connectivity index (χ1) is 8.97. The monoisotopic (exact) mass is 358 g/mol. The van der Waals surface area contributed by atoms with Gasteiger partial charge in [0.05, 0.1) is 0 Å². The molecular weight excluding hydrogens is 344 g/mol. The van der Waals surface area contributed by atoms with Gasteiger partial charge in [-0.1, -0.05) is 17.7 Å². The normalized spacial score (nSPS) is 10.6. The van der Waals surface area contributed by atoms with Crippen LogP contribution >= 0.6 is 38.9 Å². The summed E-state index contributed by atoms with van der Waals surface area (Å²) in [7, 11) is 4.12. The summed E-state index contributed by atoms with van der Waals surface area (Å²) < 4.78 is 1.77. The average molecular weight is 360 g/mol. The lowest BCUT2D eigenvalue weighted by Gasteiger charge is -2.17. The highest BCUT2D eigenvalue weighted by molar-refractivity contribution is 9.10. The SMILES string of the molecule is Cc1ccc(NCc2cc(Br)c(Cl)s2)cc1N(C)C. The molecule has 0 aliphatic rings. The van der Waals surface area contributed by atoms with Crippen molar-refractivity contribution in [2.24, 2.45) is 0 Å². The fraction of sp³-hybridized carbons (Fsp3) is 0.286. The maximum atomic E-state index is 6.04. The molecule has 5 heteroatoms. The third kappa shape index (κ3) is 3.65. The van der Waals surface area contributed by atoms with E-state index in [1.165, 1.54) is 16.1 Å². The molecule has 0 atom stereocenters. The zero-order valence-corrected chi connectivity index (χ0v) is 14.3. The van der Waals surface area contributed by atoms with Gasteiger partial charge in [-0.2, -0.15) is 0 Å². The first-order valence-corrected chi connectivity index (χ1v) is 7.91. The van der Waals surface area contributed by atoms with Gasteiger partial charge in [-0.05, 0) is 46.6 Å². The molecule has 0 fully saturated rings. The second-order valence-electron chi connectivity index (χ2n) is 4.58. The molecule has 2 aromatic rings. The van der Waals surface area contributed by atoms with E-state index >= 15 is 0 Å². The van der Waals surface area contributed by atoms with E-state index in [4.69, 9.17) is 11.6 Å². The predicted molar refractivity (Wildman–Crippen MR) is 89.9 cm³/mol. The summed E-state index contributed by atoms with van der Waals surface area (Å²) in [5, 5.41) is 3.43. The van der Waals surface area contributed by atoms with Crippen molar-refractivity contribution in [2.75, 3.05) is 24.3 Å². The summed E-state index contributed by atoms with van der Waals surface area (Å²) in [5.74, 6) is 0. The lowest BCUT2D eigenvalue weighted by Crippen LogP contribution is -2.10. The smallest absolute Gasteiger partial charge is 0.107 e. The van der Waals surface area contributed by atoms with Crippen LogP contribution in [0.1, 0.15) is 10.4 Å². The topological polar surface area (TPSA) is 15.3 Å². The van der Waals surface area contributed by atoms with Crippen molar-refractivity contribution in [3.63, 3.8) is 0 Å². The van der Waals surface area contributed by atoms with Crippen LogP contribution in [0.15, 0.2) is 28.7 Å². The minimum absolute atomic E-state index is 0.784. The number of nitrogens with zero attached hydrogens (tertiary/aromatic N) is 1. The summed E-state index contributed by atoms with van der Waals surface area (Å²) >= 11 is 11.1. The maximum absolute atomic E-state index is 6.04. The summed E-state index contributed by atoms with van der Waals surface area (Å²) in [6.07, 6.45) is 0. The van der Waals surface area contributed by atoms with Gasteiger partial charge in [-0.25, -0.2) is 0 Å². The molecule has 0 radical (unpaired) electrons. The summed E-state index contributed by atoms with van der Waals surface area (Å²) in [5.41, 5.74) is 3.63. The van der Waals surface area contributed by atoms with Crippen molar-refractivity contribution in [2.45, 2.75) is 13.5 Å². The Hall–Kier alpha value is -0.710. The van der Waals surface area contributed by atoms with Crippen molar-refractivity contribution in [1.29, 1.82) is 0 Å². The summed E-state index contributed by atoms with van der Waals surface area (Å²) in [6.45, 7) is 2.90. The van der Waals surface area contributed by atoms with Crippen LogP contribution in [0, 0.1) is 6.92 Å². The van der Waals surface area contributed by atoms with E-state index in [0.717, 1.165) is 21.0 Å². The Labute approximate surface area is 131 Å². The Balaban J connectivity index is 2.09. The molecule has 0 aliphatic carbocycles. The van der Waals surface area contributed by atoms with E-state index in [2.05, 4.69) is 71.4 Å². The van der Waals surface area contributed by atoms with Gasteiger partial charge in [0.15, 0.2) is 0 Å². The molecule has 102 valence electrons. The van der Waals surface area contributed by atoms with Crippen LogP contribution in [-0.2, 0) is 6.54 Å². The van der Waals surface area contributed by atoms with Gasteiger partial charge in [0.2, 0.25) is 0 Å². The number of hydrogen-bond donors (Lipinski definition) is 1. The van der Waals surface area contributed by atoms with Gasteiger partial charge >= 0.3 is 0 Å². The number of aryl methyl sites for hydroxylation is 1. The van der Waals surface area contributed by atoms with Crippen LogP contribution < -0.4 is 10.2 Å².